The van der Waals surface area contributed by atoms with Gasteiger partial charge in [-0.15, -0.1) is 0 Å². The van der Waals surface area contributed by atoms with E-state index in [1.54, 1.807) is 6.92 Å². The highest BCUT2D eigenvalue weighted by molar-refractivity contribution is 7.91. The number of fused-ring (bicyclic) bond motifs is 1. The van der Waals surface area contributed by atoms with Crippen molar-refractivity contribution in [2.45, 2.75) is 33.2 Å². The number of benzene rings is 1. The zero-order chi connectivity index (χ0) is 13.9. The monoisotopic (exact) mass is 279 g/mol. The summed E-state index contributed by atoms with van der Waals surface area (Å²) in [5.74, 6) is 0.511. The smallest absolute Gasteiger partial charge is 0.150 e. The van der Waals surface area contributed by atoms with Crippen molar-refractivity contribution in [1.29, 1.82) is 0 Å². The van der Waals surface area contributed by atoms with Crippen LogP contribution in [0.4, 0.5) is 0 Å². The first-order valence-electron chi connectivity index (χ1n) is 6.84. The minimum absolute atomic E-state index is 0.236. The second-order valence-electron chi connectivity index (χ2n) is 4.81. The van der Waals surface area contributed by atoms with Gasteiger partial charge in [-0.1, -0.05) is 32.0 Å². The minimum Gasteiger partial charge on any atom is -0.347 e. The van der Waals surface area contributed by atoms with Crippen LogP contribution < -0.4 is 0 Å². The van der Waals surface area contributed by atoms with Gasteiger partial charge in [-0.2, -0.15) is 0 Å². The van der Waals surface area contributed by atoms with E-state index in [2.05, 4.69) is 42.0 Å². The van der Waals surface area contributed by atoms with Gasteiger partial charge in [-0.3, -0.25) is 0 Å². The Morgan fingerprint density at radius 3 is 2.63 bits per heavy atom. The molecule has 0 radical (unpaired) electrons. The molecule has 1 heterocycles. The van der Waals surface area contributed by atoms with E-state index in [0.717, 1.165) is 13.0 Å². The van der Waals surface area contributed by atoms with Crippen molar-refractivity contribution in [3.63, 3.8) is 0 Å². The van der Waals surface area contributed by atoms with Gasteiger partial charge in [0.15, 0.2) is 0 Å². The van der Waals surface area contributed by atoms with Gasteiger partial charge >= 0.3 is 0 Å². The standard InChI is InChI=1S/C15H21NO2S/c1-3-13-7-5-8-14-9-11-16(15(13)14)10-6-12-19(17,18)4-2/h5,7-9,11H,3-4,6,10,12H2,1-2H3. The Bertz CT molecular complexity index is 656. The molecule has 0 fully saturated rings. The predicted molar refractivity (Wildman–Crippen MR) is 80.3 cm³/mol. The molecule has 0 saturated heterocycles. The van der Waals surface area contributed by atoms with Crippen LogP contribution in [0.1, 0.15) is 25.8 Å². The lowest BCUT2D eigenvalue weighted by atomic mass is 10.1. The second-order valence-corrected chi connectivity index (χ2v) is 7.28. The molecule has 0 atom stereocenters. The number of para-hydroxylation sites is 1. The van der Waals surface area contributed by atoms with E-state index in [1.807, 2.05) is 0 Å². The molecule has 0 aliphatic carbocycles. The number of aryl methyl sites for hydroxylation is 2. The van der Waals surface area contributed by atoms with E-state index in [-0.39, 0.29) is 11.5 Å². The molecule has 19 heavy (non-hydrogen) atoms. The average Bonchev–Trinajstić information content (AvgIpc) is 2.82. The maximum absolute atomic E-state index is 11.5. The Morgan fingerprint density at radius 2 is 1.95 bits per heavy atom. The highest BCUT2D eigenvalue weighted by Gasteiger charge is 2.09. The molecular formula is C15H21NO2S. The summed E-state index contributed by atoms with van der Waals surface area (Å²) in [6.45, 7) is 4.61. The molecule has 0 bridgehead atoms. The summed E-state index contributed by atoms with van der Waals surface area (Å²) in [7, 11) is -2.86. The molecule has 0 N–H and O–H groups in total. The molecule has 4 heteroatoms. The molecule has 104 valence electrons. The van der Waals surface area contributed by atoms with Crippen molar-refractivity contribution in [2.75, 3.05) is 11.5 Å². The molecule has 0 amide bonds. The summed E-state index contributed by atoms with van der Waals surface area (Å²) in [6.07, 6.45) is 3.73. The lowest BCUT2D eigenvalue weighted by Gasteiger charge is -2.09. The Hall–Kier alpha value is -1.29. The fraction of sp³-hybridized carbons (Fsp3) is 0.467. The molecule has 0 spiro atoms. The molecule has 0 aliphatic heterocycles. The maximum atomic E-state index is 11.5. The fourth-order valence-electron chi connectivity index (χ4n) is 2.41. The van der Waals surface area contributed by atoms with E-state index >= 15 is 0 Å². The number of rotatable bonds is 6. The van der Waals surface area contributed by atoms with Gasteiger partial charge in [-0.05, 0) is 29.9 Å². The van der Waals surface area contributed by atoms with Crippen molar-refractivity contribution in [1.82, 2.24) is 4.57 Å². The summed E-state index contributed by atoms with van der Waals surface area (Å²) in [4.78, 5) is 0. The quantitative estimate of drug-likeness (QED) is 0.815. The zero-order valence-corrected chi connectivity index (χ0v) is 12.4. The number of sulfone groups is 1. The van der Waals surface area contributed by atoms with Crippen molar-refractivity contribution >= 4 is 20.7 Å². The Labute approximate surface area is 115 Å². The lowest BCUT2D eigenvalue weighted by molar-refractivity contribution is 0.589. The van der Waals surface area contributed by atoms with Crippen LogP contribution in [-0.4, -0.2) is 24.5 Å². The molecule has 3 nitrogen and oxygen atoms in total. The summed E-state index contributed by atoms with van der Waals surface area (Å²) < 4.78 is 25.2. The van der Waals surface area contributed by atoms with Gasteiger partial charge in [-0.25, -0.2) is 8.42 Å². The number of hydrogen-bond acceptors (Lipinski definition) is 2. The van der Waals surface area contributed by atoms with Crippen LogP contribution in [-0.2, 0) is 22.8 Å². The van der Waals surface area contributed by atoms with Crippen molar-refractivity contribution in [3.8, 4) is 0 Å². The molecular weight excluding hydrogens is 258 g/mol. The molecule has 2 aromatic rings. The van der Waals surface area contributed by atoms with Crippen LogP contribution in [0.5, 0.6) is 0 Å². The average molecular weight is 279 g/mol. The van der Waals surface area contributed by atoms with Gasteiger partial charge in [0.2, 0.25) is 0 Å². The summed E-state index contributed by atoms with van der Waals surface area (Å²) >= 11 is 0. The second kappa shape index (κ2) is 5.78. The van der Waals surface area contributed by atoms with Gasteiger partial charge in [0.05, 0.1) is 11.3 Å². The Kier molecular flexibility index (Phi) is 4.30. The van der Waals surface area contributed by atoms with Gasteiger partial charge < -0.3 is 4.57 Å². The highest BCUT2D eigenvalue weighted by Crippen LogP contribution is 2.21. The first-order chi connectivity index (χ1) is 9.07. The topological polar surface area (TPSA) is 39.1 Å². The SMILES string of the molecule is CCc1cccc2ccn(CCCS(=O)(=O)CC)c12. The van der Waals surface area contributed by atoms with Crippen LogP contribution in [0.3, 0.4) is 0 Å². The van der Waals surface area contributed by atoms with Crippen LogP contribution in [0.15, 0.2) is 30.5 Å². The van der Waals surface area contributed by atoms with E-state index in [4.69, 9.17) is 0 Å². The van der Waals surface area contributed by atoms with Crippen LogP contribution in [0, 0.1) is 0 Å². The summed E-state index contributed by atoms with van der Waals surface area (Å²) in [5, 5.41) is 1.23. The van der Waals surface area contributed by atoms with Crippen molar-refractivity contribution in [2.24, 2.45) is 0 Å². The highest BCUT2D eigenvalue weighted by atomic mass is 32.2. The normalized spacial score (nSPS) is 12.1. The van der Waals surface area contributed by atoms with E-state index < -0.39 is 9.84 Å². The molecule has 1 aromatic carbocycles. The zero-order valence-electron chi connectivity index (χ0n) is 11.6. The number of aromatic nitrogens is 1. The third kappa shape index (κ3) is 3.18. The third-order valence-electron chi connectivity index (χ3n) is 3.55. The number of hydrogen-bond donors (Lipinski definition) is 0. The third-order valence-corrected chi connectivity index (χ3v) is 5.34. The molecule has 1 aromatic heterocycles. The summed E-state index contributed by atoms with van der Waals surface area (Å²) in [6, 6.07) is 8.42. The first kappa shape index (κ1) is 14.1. The van der Waals surface area contributed by atoms with E-state index in [9.17, 15) is 8.42 Å². The molecule has 2 rings (SSSR count). The minimum atomic E-state index is -2.86. The van der Waals surface area contributed by atoms with Crippen LogP contribution >= 0.6 is 0 Å². The van der Waals surface area contributed by atoms with Gasteiger partial charge in [0.25, 0.3) is 0 Å². The van der Waals surface area contributed by atoms with Gasteiger partial charge in [0, 0.05) is 18.5 Å². The number of nitrogens with zero attached hydrogens (tertiary/aromatic N) is 1. The lowest BCUT2D eigenvalue weighted by Crippen LogP contribution is -2.11. The van der Waals surface area contributed by atoms with E-state index in [1.165, 1.54) is 16.5 Å². The van der Waals surface area contributed by atoms with Crippen molar-refractivity contribution in [3.05, 3.63) is 36.0 Å². The van der Waals surface area contributed by atoms with Crippen LogP contribution in [0.25, 0.3) is 10.9 Å². The largest absolute Gasteiger partial charge is 0.347 e. The molecule has 0 saturated carbocycles. The molecule has 0 aliphatic rings. The van der Waals surface area contributed by atoms with Crippen LogP contribution in [0.2, 0.25) is 0 Å². The Balaban J connectivity index is 2.17. The Morgan fingerprint density at radius 1 is 1.16 bits per heavy atom. The van der Waals surface area contributed by atoms with Gasteiger partial charge in [0.1, 0.15) is 9.84 Å². The molecule has 0 unspecified atom stereocenters. The maximum Gasteiger partial charge on any atom is 0.150 e. The predicted octanol–water partition coefficient (Wildman–Crippen LogP) is 3.03. The first-order valence-corrected chi connectivity index (χ1v) is 8.66. The van der Waals surface area contributed by atoms with Crippen molar-refractivity contribution < 1.29 is 8.42 Å². The summed E-state index contributed by atoms with van der Waals surface area (Å²) in [5.41, 5.74) is 2.57. The fourth-order valence-corrected chi connectivity index (χ4v) is 3.27. The van der Waals surface area contributed by atoms with E-state index in [0.29, 0.717) is 6.42 Å².